The topological polar surface area (TPSA) is 50.8 Å². The number of piperidine rings is 1. The number of unbranched alkanes of at least 4 members (excludes halogenated alkanes) is 6. The Kier molecular flexibility index (Phi) is 10.2. The zero-order chi connectivity index (χ0) is 20.5. The first-order chi connectivity index (χ1) is 13.3. The molecule has 165 valence electrons. The second-order valence-electron chi connectivity index (χ2n) is 9.96. The average molecular weight is 399 g/mol. The molecule has 0 aromatic carbocycles. The summed E-state index contributed by atoms with van der Waals surface area (Å²) < 4.78 is 17.5. The van der Waals surface area contributed by atoms with Crippen molar-refractivity contribution in [2.24, 2.45) is 0 Å². The van der Waals surface area contributed by atoms with Crippen molar-refractivity contribution in [2.75, 3.05) is 19.8 Å². The van der Waals surface area contributed by atoms with Crippen molar-refractivity contribution in [3.8, 4) is 0 Å². The van der Waals surface area contributed by atoms with E-state index >= 15 is 0 Å². The zero-order valence-corrected chi connectivity index (χ0v) is 18.8. The van der Waals surface area contributed by atoms with Gasteiger partial charge in [0.15, 0.2) is 6.29 Å². The highest BCUT2D eigenvalue weighted by molar-refractivity contribution is 4.96. The maximum atomic E-state index is 12.4. The number of hydrogen-bond acceptors (Lipinski definition) is 4. The molecule has 0 N–H and O–H groups in total. The van der Waals surface area contributed by atoms with E-state index in [1.807, 2.05) is 27.7 Å². The highest BCUT2D eigenvalue weighted by Gasteiger charge is 2.46. The predicted octanol–water partition coefficient (Wildman–Crippen LogP) is 5.64. The molecule has 0 bridgehead atoms. The Hall–Kier alpha value is -0.200. The van der Waals surface area contributed by atoms with Gasteiger partial charge in [-0.15, -0.1) is 10.3 Å². The fourth-order valence-corrected chi connectivity index (χ4v) is 4.68. The molecule has 0 amide bonds. The Morgan fingerprint density at radius 2 is 1.36 bits per heavy atom. The van der Waals surface area contributed by atoms with Crippen LogP contribution >= 0.6 is 0 Å². The minimum atomic E-state index is -0.334. The zero-order valence-electron chi connectivity index (χ0n) is 18.8. The van der Waals surface area contributed by atoms with Crippen LogP contribution in [0.5, 0.6) is 0 Å². The number of hydrogen-bond donors (Lipinski definition) is 0. The number of ether oxygens (including phenoxy) is 3. The summed E-state index contributed by atoms with van der Waals surface area (Å²) in [5.41, 5.74) is -0.668. The van der Waals surface area contributed by atoms with Gasteiger partial charge < -0.3 is 14.2 Å². The minimum Gasteiger partial charge on any atom is -0.378 e. The van der Waals surface area contributed by atoms with Crippen molar-refractivity contribution in [2.45, 2.75) is 128 Å². The molecule has 0 aliphatic carbocycles. The van der Waals surface area contributed by atoms with Gasteiger partial charge in [-0.25, -0.2) is 0 Å². The Labute approximate surface area is 173 Å². The average Bonchev–Trinajstić information content (AvgIpc) is 2.64. The van der Waals surface area contributed by atoms with Crippen LogP contribution in [0.3, 0.4) is 0 Å². The fraction of sp³-hybridized carbons (Fsp3) is 1.00. The first kappa shape index (κ1) is 24.1. The summed E-state index contributed by atoms with van der Waals surface area (Å²) in [6.07, 6.45) is 14.0. The SMILES string of the molecule is CC1(C)CC(OCCCCCCCCCOC2CCCCO2)CC(C)(C)N1[O]. The maximum absolute atomic E-state index is 12.4. The molecular weight excluding hydrogens is 354 g/mol. The Balaban J connectivity index is 1.40. The number of hydroxylamine groups is 2. The van der Waals surface area contributed by atoms with E-state index in [0.717, 1.165) is 51.9 Å². The van der Waals surface area contributed by atoms with Crippen LogP contribution in [0.1, 0.15) is 105 Å². The lowest BCUT2D eigenvalue weighted by molar-refractivity contribution is -0.301. The summed E-state index contributed by atoms with van der Waals surface area (Å²) in [5.74, 6) is 0. The van der Waals surface area contributed by atoms with Crippen LogP contribution in [-0.4, -0.2) is 48.4 Å². The van der Waals surface area contributed by atoms with Gasteiger partial charge in [-0.2, -0.15) is 0 Å². The molecule has 2 aliphatic rings. The van der Waals surface area contributed by atoms with Crippen LogP contribution in [0, 0.1) is 0 Å². The van der Waals surface area contributed by atoms with Crippen LogP contribution < -0.4 is 0 Å². The van der Waals surface area contributed by atoms with E-state index in [0.29, 0.717) is 0 Å². The summed E-state index contributed by atoms with van der Waals surface area (Å²) in [6, 6.07) is 0. The smallest absolute Gasteiger partial charge is 0.157 e. The minimum absolute atomic E-state index is 0.0609. The second kappa shape index (κ2) is 11.8. The van der Waals surface area contributed by atoms with Gasteiger partial charge in [0.05, 0.1) is 6.10 Å². The Morgan fingerprint density at radius 3 is 1.89 bits per heavy atom. The molecule has 0 aromatic rings. The van der Waals surface area contributed by atoms with Crippen LogP contribution in [0.15, 0.2) is 0 Å². The van der Waals surface area contributed by atoms with Crippen LogP contribution in [-0.2, 0) is 19.4 Å². The highest BCUT2D eigenvalue weighted by atomic mass is 16.7. The molecule has 2 aliphatic heterocycles. The summed E-state index contributed by atoms with van der Waals surface area (Å²) in [7, 11) is 0. The van der Waals surface area contributed by atoms with Crippen LogP contribution in [0.25, 0.3) is 0 Å². The molecule has 2 heterocycles. The van der Waals surface area contributed by atoms with Gasteiger partial charge in [-0.3, -0.25) is 0 Å². The summed E-state index contributed by atoms with van der Waals surface area (Å²) >= 11 is 0. The largest absolute Gasteiger partial charge is 0.378 e. The molecule has 28 heavy (non-hydrogen) atoms. The van der Waals surface area contributed by atoms with Crippen LogP contribution in [0.4, 0.5) is 0 Å². The first-order valence-corrected chi connectivity index (χ1v) is 11.6. The molecule has 1 atom stereocenters. The fourth-order valence-electron chi connectivity index (χ4n) is 4.68. The third-order valence-electron chi connectivity index (χ3n) is 6.14. The lowest BCUT2D eigenvalue weighted by atomic mass is 9.80. The van der Waals surface area contributed by atoms with E-state index in [1.54, 1.807) is 0 Å². The third-order valence-corrected chi connectivity index (χ3v) is 6.14. The van der Waals surface area contributed by atoms with Crippen molar-refractivity contribution >= 4 is 0 Å². The molecule has 0 saturated carbocycles. The van der Waals surface area contributed by atoms with E-state index in [1.165, 1.54) is 50.0 Å². The predicted molar refractivity (Wildman–Crippen MR) is 112 cm³/mol. The molecule has 2 saturated heterocycles. The molecule has 2 rings (SSSR count). The van der Waals surface area contributed by atoms with Gasteiger partial charge in [0, 0.05) is 30.9 Å². The van der Waals surface area contributed by atoms with Gasteiger partial charge in [0.1, 0.15) is 0 Å². The van der Waals surface area contributed by atoms with E-state index in [4.69, 9.17) is 14.2 Å². The van der Waals surface area contributed by atoms with Gasteiger partial charge >= 0.3 is 0 Å². The molecule has 5 nitrogen and oxygen atoms in total. The molecule has 0 aromatic heterocycles. The standard InChI is InChI=1S/C23H44NO4/c1-22(2)18-20(19-23(3,4)24(22)25)26-15-11-8-6-5-7-9-12-16-27-21-14-10-13-17-28-21/h20-21H,5-19H2,1-4H3. The molecule has 1 radical (unpaired) electrons. The number of rotatable bonds is 12. The van der Waals surface area contributed by atoms with Crippen molar-refractivity contribution < 1.29 is 19.4 Å². The van der Waals surface area contributed by atoms with E-state index in [-0.39, 0.29) is 23.5 Å². The van der Waals surface area contributed by atoms with Crippen molar-refractivity contribution in [3.63, 3.8) is 0 Å². The lowest BCUT2D eigenvalue weighted by Gasteiger charge is -2.49. The van der Waals surface area contributed by atoms with E-state index in [9.17, 15) is 5.21 Å². The van der Waals surface area contributed by atoms with E-state index in [2.05, 4.69) is 0 Å². The third kappa shape index (κ3) is 8.27. The maximum Gasteiger partial charge on any atom is 0.157 e. The van der Waals surface area contributed by atoms with Crippen LogP contribution in [0.2, 0.25) is 0 Å². The lowest BCUT2D eigenvalue weighted by Crippen LogP contribution is -2.59. The molecule has 2 fully saturated rings. The van der Waals surface area contributed by atoms with Gasteiger partial charge in [0.25, 0.3) is 0 Å². The summed E-state index contributed by atoms with van der Waals surface area (Å²) in [6.45, 7) is 10.7. The second-order valence-corrected chi connectivity index (χ2v) is 9.96. The summed E-state index contributed by atoms with van der Waals surface area (Å²) in [4.78, 5) is 0. The van der Waals surface area contributed by atoms with Gasteiger partial charge in [-0.05, 0) is 72.6 Å². The monoisotopic (exact) mass is 398 g/mol. The summed E-state index contributed by atoms with van der Waals surface area (Å²) in [5, 5.41) is 13.7. The van der Waals surface area contributed by atoms with Crippen molar-refractivity contribution in [1.29, 1.82) is 0 Å². The molecule has 5 heteroatoms. The molecule has 1 unspecified atom stereocenters. The number of nitrogens with zero attached hydrogens (tertiary/aromatic N) is 1. The Morgan fingerprint density at radius 1 is 0.821 bits per heavy atom. The highest BCUT2D eigenvalue weighted by Crippen LogP contribution is 2.38. The van der Waals surface area contributed by atoms with Crippen molar-refractivity contribution in [1.82, 2.24) is 5.06 Å². The quantitative estimate of drug-likeness (QED) is 0.399. The van der Waals surface area contributed by atoms with Gasteiger partial charge in [-0.1, -0.05) is 32.1 Å². The molecule has 0 spiro atoms. The first-order valence-electron chi connectivity index (χ1n) is 11.6. The Bertz CT molecular complexity index is 403. The molecular formula is C23H44NO4. The van der Waals surface area contributed by atoms with Crippen molar-refractivity contribution in [3.05, 3.63) is 0 Å². The van der Waals surface area contributed by atoms with E-state index < -0.39 is 0 Å². The van der Waals surface area contributed by atoms with Gasteiger partial charge in [0.2, 0.25) is 0 Å². The normalized spacial score (nSPS) is 25.8.